The first-order chi connectivity index (χ1) is 6.54. The molecule has 2 N–H and O–H groups in total. The lowest BCUT2D eigenvalue weighted by molar-refractivity contribution is 0.456. The topological polar surface area (TPSA) is 38.9 Å². The van der Waals surface area contributed by atoms with Crippen molar-refractivity contribution in [2.45, 2.75) is 40.2 Å². The summed E-state index contributed by atoms with van der Waals surface area (Å²) in [6.45, 7) is 8.39. The number of nitrogens with zero attached hydrogens (tertiary/aromatic N) is 1. The largest absolute Gasteiger partial charge is 0.324 e. The molecule has 1 heterocycles. The SMILES string of the molecule is CCC(C)C(N)c1cc(C)nc(C)c1. The van der Waals surface area contributed by atoms with Gasteiger partial charge in [0.15, 0.2) is 0 Å². The minimum atomic E-state index is 0.139. The first-order valence-electron chi connectivity index (χ1n) is 5.25. The number of hydrogen-bond acceptors (Lipinski definition) is 2. The Morgan fingerprint density at radius 1 is 1.29 bits per heavy atom. The van der Waals surface area contributed by atoms with E-state index < -0.39 is 0 Å². The first kappa shape index (κ1) is 11.2. The molecule has 0 aromatic carbocycles. The van der Waals surface area contributed by atoms with Crippen molar-refractivity contribution < 1.29 is 0 Å². The predicted molar refractivity (Wildman–Crippen MR) is 60.1 cm³/mol. The molecular weight excluding hydrogens is 172 g/mol. The van der Waals surface area contributed by atoms with Crippen molar-refractivity contribution in [3.63, 3.8) is 0 Å². The Hall–Kier alpha value is -0.890. The Kier molecular flexibility index (Phi) is 3.64. The Labute approximate surface area is 86.5 Å². The van der Waals surface area contributed by atoms with Gasteiger partial charge in [0.1, 0.15) is 0 Å². The standard InChI is InChI=1S/C12H20N2/c1-5-8(2)12(13)11-6-9(3)14-10(4)7-11/h6-8,12H,5,13H2,1-4H3. The summed E-state index contributed by atoms with van der Waals surface area (Å²) in [6.07, 6.45) is 1.11. The average molecular weight is 192 g/mol. The predicted octanol–water partition coefficient (Wildman–Crippen LogP) is 2.74. The molecule has 0 saturated carbocycles. The molecule has 78 valence electrons. The van der Waals surface area contributed by atoms with Gasteiger partial charge < -0.3 is 5.73 Å². The molecule has 2 nitrogen and oxygen atoms in total. The smallest absolute Gasteiger partial charge is 0.0379 e. The molecule has 1 aromatic heterocycles. The lowest BCUT2D eigenvalue weighted by atomic mass is 9.93. The maximum atomic E-state index is 6.16. The van der Waals surface area contributed by atoms with Gasteiger partial charge in [0.25, 0.3) is 0 Å². The van der Waals surface area contributed by atoms with Crippen molar-refractivity contribution in [3.8, 4) is 0 Å². The second-order valence-electron chi connectivity index (χ2n) is 4.09. The minimum absolute atomic E-state index is 0.139. The molecule has 2 atom stereocenters. The van der Waals surface area contributed by atoms with E-state index in [2.05, 4.69) is 31.0 Å². The van der Waals surface area contributed by atoms with Crippen LogP contribution in [0.5, 0.6) is 0 Å². The van der Waals surface area contributed by atoms with E-state index in [-0.39, 0.29) is 6.04 Å². The average Bonchev–Trinajstić information content (AvgIpc) is 2.14. The Bertz CT molecular complexity index is 287. The lowest BCUT2D eigenvalue weighted by Crippen LogP contribution is -2.19. The molecule has 0 fully saturated rings. The first-order valence-corrected chi connectivity index (χ1v) is 5.25. The Morgan fingerprint density at radius 3 is 2.21 bits per heavy atom. The molecule has 1 aromatic rings. The van der Waals surface area contributed by atoms with Gasteiger partial charge in [-0.25, -0.2) is 0 Å². The van der Waals surface area contributed by atoms with Crippen LogP contribution in [0.4, 0.5) is 0 Å². The molecule has 0 spiro atoms. The van der Waals surface area contributed by atoms with Gasteiger partial charge in [-0.15, -0.1) is 0 Å². The van der Waals surface area contributed by atoms with Crippen LogP contribution in [0.2, 0.25) is 0 Å². The van der Waals surface area contributed by atoms with Gasteiger partial charge >= 0.3 is 0 Å². The van der Waals surface area contributed by atoms with Gasteiger partial charge in [-0.2, -0.15) is 0 Å². The van der Waals surface area contributed by atoms with Crippen molar-refractivity contribution in [3.05, 3.63) is 29.1 Å². The van der Waals surface area contributed by atoms with E-state index in [4.69, 9.17) is 5.73 Å². The second kappa shape index (κ2) is 4.56. The van der Waals surface area contributed by atoms with E-state index in [0.717, 1.165) is 17.8 Å². The zero-order chi connectivity index (χ0) is 10.7. The molecule has 2 heteroatoms. The lowest BCUT2D eigenvalue weighted by Gasteiger charge is -2.19. The summed E-state index contributed by atoms with van der Waals surface area (Å²) in [4.78, 5) is 4.35. The van der Waals surface area contributed by atoms with Crippen LogP contribution in [0.1, 0.15) is 43.3 Å². The summed E-state index contributed by atoms with van der Waals surface area (Å²) in [5.74, 6) is 0.524. The summed E-state index contributed by atoms with van der Waals surface area (Å²) in [5, 5.41) is 0. The number of aryl methyl sites for hydroxylation is 2. The highest BCUT2D eigenvalue weighted by atomic mass is 14.7. The molecule has 0 bridgehead atoms. The second-order valence-corrected chi connectivity index (χ2v) is 4.09. The maximum absolute atomic E-state index is 6.16. The van der Waals surface area contributed by atoms with Crippen molar-refractivity contribution in [1.29, 1.82) is 0 Å². The van der Waals surface area contributed by atoms with Crippen LogP contribution in [0.25, 0.3) is 0 Å². The molecule has 0 aliphatic carbocycles. The van der Waals surface area contributed by atoms with Gasteiger partial charge in [0.2, 0.25) is 0 Å². The number of hydrogen-bond donors (Lipinski definition) is 1. The summed E-state index contributed by atoms with van der Waals surface area (Å²) >= 11 is 0. The number of aromatic nitrogens is 1. The third-order valence-electron chi connectivity index (χ3n) is 2.75. The van der Waals surface area contributed by atoms with E-state index in [9.17, 15) is 0 Å². The Balaban J connectivity index is 2.94. The van der Waals surface area contributed by atoms with Gasteiger partial charge in [0, 0.05) is 17.4 Å². The van der Waals surface area contributed by atoms with E-state index in [1.54, 1.807) is 0 Å². The van der Waals surface area contributed by atoms with Crippen LogP contribution in [-0.2, 0) is 0 Å². The summed E-state index contributed by atoms with van der Waals surface area (Å²) in [6, 6.07) is 4.31. The van der Waals surface area contributed by atoms with Crippen molar-refractivity contribution in [2.24, 2.45) is 11.7 Å². The molecule has 0 radical (unpaired) electrons. The van der Waals surface area contributed by atoms with E-state index in [0.29, 0.717) is 5.92 Å². The van der Waals surface area contributed by atoms with Crippen molar-refractivity contribution in [2.75, 3.05) is 0 Å². The van der Waals surface area contributed by atoms with Crippen LogP contribution >= 0.6 is 0 Å². The molecule has 0 amide bonds. The zero-order valence-corrected chi connectivity index (χ0v) is 9.54. The Morgan fingerprint density at radius 2 is 1.79 bits per heavy atom. The number of rotatable bonds is 3. The molecule has 1 rings (SSSR count). The fourth-order valence-corrected chi connectivity index (χ4v) is 1.64. The highest BCUT2D eigenvalue weighted by Gasteiger charge is 2.13. The summed E-state index contributed by atoms with van der Waals surface area (Å²) < 4.78 is 0. The van der Waals surface area contributed by atoms with Crippen LogP contribution in [-0.4, -0.2) is 4.98 Å². The molecular formula is C12H20N2. The molecule has 0 aliphatic rings. The van der Waals surface area contributed by atoms with Crippen LogP contribution in [0.3, 0.4) is 0 Å². The minimum Gasteiger partial charge on any atom is -0.324 e. The van der Waals surface area contributed by atoms with Gasteiger partial charge in [0.05, 0.1) is 0 Å². The number of nitrogens with two attached hydrogens (primary N) is 1. The van der Waals surface area contributed by atoms with Gasteiger partial charge in [-0.05, 0) is 37.5 Å². The maximum Gasteiger partial charge on any atom is 0.0379 e. The third kappa shape index (κ3) is 2.55. The quantitative estimate of drug-likeness (QED) is 0.799. The summed E-state index contributed by atoms with van der Waals surface area (Å²) in [7, 11) is 0. The molecule has 0 saturated heterocycles. The molecule has 14 heavy (non-hydrogen) atoms. The van der Waals surface area contributed by atoms with Gasteiger partial charge in [-0.1, -0.05) is 20.3 Å². The highest BCUT2D eigenvalue weighted by Crippen LogP contribution is 2.22. The van der Waals surface area contributed by atoms with Crippen LogP contribution < -0.4 is 5.73 Å². The van der Waals surface area contributed by atoms with Crippen LogP contribution in [0, 0.1) is 19.8 Å². The van der Waals surface area contributed by atoms with Crippen LogP contribution in [0.15, 0.2) is 12.1 Å². The van der Waals surface area contributed by atoms with E-state index in [1.807, 2.05) is 13.8 Å². The van der Waals surface area contributed by atoms with Crippen molar-refractivity contribution >= 4 is 0 Å². The normalized spacial score (nSPS) is 15.2. The fraction of sp³-hybridized carbons (Fsp3) is 0.583. The van der Waals surface area contributed by atoms with E-state index in [1.165, 1.54) is 5.56 Å². The molecule has 0 aliphatic heterocycles. The van der Waals surface area contributed by atoms with Crippen molar-refractivity contribution in [1.82, 2.24) is 4.98 Å². The van der Waals surface area contributed by atoms with E-state index >= 15 is 0 Å². The number of pyridine rings is 1. The highest BCUT2D eigenvalue weighted by molar-refractivity contribution is 5.23. The summed E-state index contributed by atoms with van der Waals surface area (Å²) in [5.41, 5.74) is 9.48. The molecule has 2 unspecified atom stereocenters. The fourth-order valence-electron chi connectivity index (χ4n) is 1.64. The monoisotopic (exact) mass is 192 g/mol. The van der Waals surface area contributed by atoms with Gasteiger partial charge in [-0.3, -0.25) is 4.98 Å². The third-order valence-corrected chi connectivity index (χ3v) is 2.75. The zero-order valence-electron chi connectivity index (χ0n) is 9.54.